The van der Waals surface area contributed by atoms with Crippen LogP contribution < -0.4 is 5.32 Å². The fourth-order valence-electron chi connectivity index (χ4n) is 2.09. The van der Waals surface area contributed by atoms with Crippen molar-refractivity contribution in [2.75, 3.05) is 5.32 Å². The maximum atomic E-state index is 11.7. The van der Waals surface area contributed by atoms with E-state index in [2.05, 4.69) is 15.5 Å². The third-order valence-corrected chi connectivity index (χ3v) is 2.86. The van der Waals surface area contributed by atoms with Crippen molar-refractivity contribution in [2.45, 2.75) is 45.6 Å². The fourth-order valence-corrected chi connectivity index (χ4v) is 2.09. The summed E-state index contributed by atoms with van der Waals surface area (Å²) in [6.07, 6.45) is 1.90. The van der Waals surface area contributed by atoms with Crippen molar-refractivity contribution in [1.29, 1.82) is 0 Å². The molecule has 0 spiro atoms. The zero-order valence-electron chi connectivity index (χ0n) is 11.9. The number of amides is 1. The van der Waals surface area contributed by atoms with Gasteiger partial charge in [-0.25, -0.2) is 9.78 Å². The Morgan fingerprint density at radius 3 is 2.80 bits per heavy atom. The molecule has 0 aromatic carbocycles. The molecule has 2 N–H and O–H groups in total. The first-order chi connectivity index (χ1) is 9.39. The number of rotatable bonds is 1. The molecule has 6 heteroatoms. The van der Waals surface area contributed by atoms with Crippen molar-refractivity contribution in [3.63, 3.8) is 0 Å². The number of anilines is 1. The Morgan fingerprint density at radius 2 is 2.15 bits per heavy atom. The molecule has 0 unspecified atom stereocenters. The lowest BCUT2D eigenvalue weighted by molar-refractivity contribution is 0.0635. The van der Waals surface area contributed by atoms with Gasteiger partial charge in [-0.2, -0.15) is 0 Å². The van der Waals surface area contributed by atoms with Crippen molar-refractivity contribution < 1.29 is 14.7 Å². The summed E-state index contributed by atoms with van der Waals surface area (Å²) in [5.41, 5.74) is 1.77. The Bertz CT molecular complexity index is 547. The van der Waals surface area contributed by atoms with E-state index in [9.17, 15) is 4.79 Å². The van der Waals surface area contributed by atoms with Gasteiger partial charge >= 0.3 is 6.09 Å². The number of aryl methyl sites for hydroxylation is 1. The molecule has 0 bridgehead atoms. The quantitative estimate of drug-likeness (QED) is 0.610. The lowest BCUT2D eigenvalue weighted by Gasteiger charge is -2.20. The Labute approximate surface area is 117 Å². The second-order valence-electron chi connectivity index (χ2n) is 5.72. The number of carbonyl (C=O) groups is 1. The van der Waals surface area contributed by atoms with Gasteiger partial charge in [-0.05, 0) is 52.2 Å². The van der Waals surface area contributed by atoms with E-state index in [1.54, 1.807) is 26.8 Å². The van der Waals surface area contributed by atoms with Crippen LogP contribution in [0.3, 0.4) is 0 Å². The Hall–Kier alpha value is -2.11. The van der Waals surface area contributed by atoms with Crippen LogP contribution in [0, 0.1) is 0 Å². The van der Waals surface area contributed by atoms with Gasteiger partial charge in [0.2, 0.25) is 0 Å². The number of ether oxygens (including phenoxy) is 1. The predicted molar refractivity (Wildman–Crippen MR) is 75.4 cm³/mol. The highest BCUT2D eigenvalue weighted by molar-refractivity contribution is 6.02. The molecule has 1 heterocycles. The van der Waals surface area contributed by atoms with E-state index in [4.69, 9.17) is 9.94 Å². The van der Waals surface area contributed by atoms with Gasteiger partial charge in [-0.15, -0.1) is 0 Å². The summed E-state index contributed by atoms with van der Waals surface area (Å²) in [5.74, 6) is 0.442. The van der Waals surface area contributed by atoms with Gasteiger partial charge in [0.1, 0.15) is 11.4 Å². The molecule has 108 valence electrons. The van der Waals surface area contributed by atoms with Crippen LogP contribution in [0.1, 0.15) is 44.9 Å². The smallest absolute Gasteiger partial charge is 0.413 e. The zero-order valence-corrected chi connectivity index (χ0v) is 11.9. The molecule has 20 heavy (non-hydrogen) atoms. The van der Waals surface area contributed by atoms with Gasteiger partial charge in [0.05, 0.1) is 11.4 Å². The van der Waals surface area contributed by atoms with E-state index in [0.717, 1.165) is 30.5 Å². The normalized spacial score (nSPS) is 16.6. The first kappa shape index (κ1) is 14.3. The van der Waals surface area contributed by atoms with Gasteiger partial charge < -0.3 is 9.94 Å². The summed E-state index contributed by atoms with van der Waals surface area (Å²) in [7, 11) is 0. The van der Waals surface area contributed by atoms with E-state index < -0.39 is 11.7 Å². The highest BCUT2D eigenvalue weighted by atomic mass is 16.6. The van der Waals surface area contributed by atoms with Crippen molar-refractivity contribution in [3.8, 4) is 0 Å². The first-order valence-electron chi connectivity index (χ1n) is 6.60. The number of oxime groups is 1. The summed E-state index contributed by atoms with van der Waals surface area (Å²) in [6, 6.07) is 3.49. The molecular formula is C14H19N3O3. The molecule has 1 aromatic rings. The molecule has 0 fully saturated rings. The van der Waals surface area contributed by atoms with Crippen molar-refractivity contribution >= 4 is 17.6 Å². The van der Waals surface area contributed by atoms with Crippen LogP contribution >= 0.6 is 0 Å². The van der Waals surface area contributed by atoms with Crippen LogP contribution in [0.2, 0.25) is 0 Å². The molecule has 1 aliphatic carbocycles. The van der Waals surface area contributed by atoms with Crippen LogP contribution in [-0.4, -0.2) is 27.6 Å². The summed E-state index contributed by atoms with van der Waals surface area (Å²) in [6.45, 7) is 5.41. The van der Waals surface area contributed by atoms with Crippen molar-refractivity contribution in [1.82, 2.24) is 4.98 Å². The average Bonchev–Trinajstić information content (AvgIpc) is 2.35. The lowest BCUT2D eigenvalue weighted by atomic mass is 9.94. The number of nitrogens with one attached hydrogen (secondary N) is 1. The second-order valence-corrected chi connectivity index (χ2v) is 5.72. The molecular weight excluding hydrogens is 258 g/mol. The molecule has 0 radical (unpaired) electrons. The molecule has 1 aliphatic rings. The number of nitrogens with zero attached hydrogens (tertiary/aromatic N) is 2. The van der Waals surface area contributed by atoms with Crippen LogP contribution in [0.15, 0.2) is 17.3 Å². The molecule has 0 saturated carbocycles. The lowest BCUT2D eigenvalue weighted by Crippen LogP contribution is -2.27. The van der Waals surface area contributed by atoms with E-state index in [-0.39, 0.29) is 0 Å². The van der Waals surface area contributed by atoms with E-state index in [1.165, 1.54) is 0 Å². The molecule has 1 amide bonds. The minimum absolute atomic E-state index is 0.442. The van der Waals surface area contributed by atoms with Crippen LogP contribution in [0.5, 0.6) is 0 Å². The van der Waals surface area contributed by atoms with E-state index in [0.29, 0.717) is 11.5 Å². The SMILES string of the molecule is CC(C)(C)OC(=O)Nc1ccc2c(n1)CCC/C2=N/O. The number of aromatic nitrogens is 1. The van der Waals surface area contributed by atoms with Gasteiger partial charge in [0.15, 0.2) is 0 Å². The van der Waals surface area contributed by atoms with Gasteiger partial charge in [-0.3, -0.25) is 5.32 Å². The van der Waals surface area contributed by atoms with E-state index >= 15 is 0 Å². The number of carbonyl (C=O) groups excluding carboxylic acids is 1. The minimum Gasteiger partial charge on any atom is -0.444 e. The van der Waals surface area contributed by atoms with Crippen LogP contribution in [0.25, 0.3) is 0 Å². The Balaban J connectivity index is 2.14. The molecule has 2 rings (SSSR count). The molecule has 0 aliphatic heterocycles. The summed E-state index contributed by atoms with van der Waals surface area (Å²) in [4.78, 5) is 16.1. The van der Waals surface area contributed by atoms with E-state index in [1.807, 2.05) is 6.07 Å². The number of hydrogen-bond acceptors (Lipinski definition) is 5. The zero-order chi connectivity index (χ0) is 14.8. The molecule has 0 saturated heterocycles. The van der Waals surface area contributed by atoms with Gasteiger partial charge in [0, 0.05) is 5.56 Å². The third kappa shape index (κ3) is 3.46. The average molecular weight is 277 g/mol. The van der Waals surface area contributed by atoms with Crippen molar-refractivity contribution in [3.05, 3.63) is 23.4 Å². The topological polar surface area (TPSA) is 83.8 Å². The highest BCUT2D eigenvalue weighted by Crippen LogP contribution is 2.22. The summed E-state index contributed by atoms with van der Waals surface area (Å²) >= 11 is 0. The standard InChI is InChI=1S/C14H19N3O3/c1-14(2,3)20-13(18)16-12-8-7-9-10(15-12)5-4-6-11(9)17-19/h7-8,19H,4-6H2,1-3H3,(H,15,16,18)/b17-11-. The molecule has 0 atom stereocenters. The minimum atomic E-state index is -0.547. The monoisotopic (exact) mass is 277 g/mol. The first-order valence-corrected chi connectivity index (χ1v) is 6.60. The predicted octanol–water partition coefficient (Wildman–Crippen LogP) is 2.94. The summed E-state index contributed by atoms with van der Waals surface area (Å²) < 4.78 is 5.17. The Kier molecular flexibility index (Phi) is 3.92. The second kappa shape index (κ2) is 5.48. The highest BCUT2D eigenvalue weighted by Gasteiger charge is 2.20. The fraction of sp³-hybridized carbons (Fsp3) is 0.500. The molecule has 1 aromatic heterocycles. The van der Waals surface area contributed by atoms with Gasteiger partial charge in [0.25, 0.3) is 0 Å². The largest absolute Gasteiger partial charge is 0.444 e. The number of pyridine rings is 1. The van der Waals surface area contributed by atoms with Gasteiger partial charge in [-0.1, -0.05) is 5.16 Å². The Morgan fingerprint density at radius 1 is 1.40 bits per heavy atom. The molecule has 6 nitrogen and oxygen atoms in total. The van der Waals surface area contributed by atoms with Crippen LogP contribution in [0.4, 0.5) is 10.6 Å². The number of hydrogen-bond donors (Lipinski definition) is 2. The number of fused-ring (bicyclic) bond motifs is 1. The maximum absolute atomic E-state index is 11.7. The summed E-state index contributed by atoms with van der Waals surface area (Å²) in [5, 5.41) is 14.8. The van der Waals surface area contributed by atoms with Crippen LogP contribution in [-0.2, 0) is 11.2 Å². The van der Waals surface area contributed by atoms with Crippen molar-refractivity contribution in [2.24, 2.45) is 5.16 Å². The third-order valence-electron chi connectivity index (χ3n) is 2.86. The maximum Gasteiger partial charge on any atom is 0.413 e.